The molecule has 1 heterocycles. The summed E-state index contributed by atoms with van der Waals surface area (Å²) in [6.45, 7) is 9.20. The Morgan fingerprint density at radius 2 is 1.82 bits per heavy atom. The summed E-state index contributed by atoms with van der Waals surface area (Å²) in [7, 11) is 0. The highest BCUT2D eigenvalue weighted by molar-refractivity contribution is 5.80. The van der Waals surface area contributed by atoms with E-state index in [0.717, 1.165) is 30.8 Å². The number of nitrogens with one attached hydrogen (secondary N) is 1. The predicted octanol–water partition coefficient (Wildman–Crippen LogP) is 3.00. The number of aromatic nitrogens is 1. The van der Waals surface area contributed by atoms with E-state index in [1.165, 1.54) is 0 Å². The third kappa shape index (κ3) is 4.33. The van der Waals surface area contributed by atoms with Crippen LogP contribution in [0.3, 0.4) is 0 Å². The molecule has 0 atom stereocenters. The number of nitrogens with two attached hydrogens (primary N) is 1. The topological polar surface area (TPSA) is 119 Å². The molecule has 2 aromatic rings. The van der Waals surface area contributed by atoms with Gasteiger partial charge in [0, 0.05) is 17.7 Å². The van der Waals surface area contributed by atoms with E-state index < -0.39 is 5.56 Å². The highest BCUT2D eigenvalue weighted by Gasteiger charge is 2.19. The van der Waals surface area contributed by atoms with E-state index in [0.29, 0.717) is 18.7 Å². The van der Waals surface area contributed by atoms with Crippen LogP contribution in [0.2, 0.25) is 0 Å². The van der Waals surface area contributed by atoms with Crippen molar-refractivity contribution in [2.45, 2.75) is 33.7 Å². The lowest BCUT2D eigenvalue weighted by Crippen LogP contribution is -2.22. The maximum atomic E-state index is 12.2. The Morgan fingerprint density at radius 3 is 2.39 bits per heavy atom. The Balaban J connectivity index is 2.69. The summed E-state index contributed by atoms with van der Waals surface area (Å²) in [5.41, 5.74) is 6.98. The standard InChI is InChI=1S/C21H25N5O2/c1-4-9-28-18-8-7-14(10-15(18)13-26(5-2)6-3)19-16(11-22)20(24)25-21(27)17(19)12-23/h7-8,10H,4-6,9,13H2,1-3H3,(H3,24,25,27). The van der Waals surface area contributed by atoms with Gasteiger partial charge >= 0.3 is 0 Å². The minimum absolute atomic E-state index is 0.0434. The predicted molar refractivity (Wildman–Crippen MR) is 109 cm³/mol. The van der Waals surface area contributed by atoms with Crippen molar-refractivity contribution in [1.82, 2.24) is 9.88 Å². The van der Waals surface area contributed by atoms with Crippen LogP contribution in [0.15, 0.2) is 23.0 Å². The van der Waals surface area contributed by atoms with Crippen LogP contribution in [0, 0.1) is 22.7 Å². The average molecular weight is 379 g/mol. The van der Waals surface area contributed by atoms with Crippen molar-refractivity contribution in [2.75, 3.05) is 25.4 Å². The van der Waals surface area contributed by atoms with E-state index in [9.17, 15) is 15.3 Å². The molecule has 0 aliphatic carbocycles. The zero-order valence-electron chi connectivity index (χ0n) is 16.5. The lowest BCUT2D eigenvalue weighted by Gasteiger charge is -2.21. The van der Waals surface area contributed by atoms with Crippen molar-refractivity contribution in [3.8, 4) is 29.0 Å². The lowest BCUT2D eigenvalue weighted by atomic mass is 9.95. The number of nitrogens with zero attached hydrogens (tertiary/aromatic N) is 3. The van der Waals surface area contributed by atoms with Gasteiger partial charge < -0.3 is 15.5 Å². The molecule has 0 fully saturated rings. The summed E-state index contributed by atoms with van der Waals surface area (Å²) in [4.78, 5) is 16.8. The average Bonchev–Trinajstić information content (AvgIpc) is 2.70. The van der Waals surface area contributed by atoms with E-state index in [-0.39, 0.29) is 22.5 Å². The first kappa shape index (κ1) is 21.0. The molecule has 7 nitrogen and oxygen atoms in total. The summed E-state index contributed by atoms with van der Waals surface area (Å²) in [5, 5.41) is 19.0. The molecule has 7 heteroatoms. The third-order valence-electron chi connectivity index (χ3n) is 4.57. The van der Waals surface area contributed by atoms with Crippen LogP contribution in [0.1, 0.15) is 43.9 Å². The van der Waals surface area contributed by atoms with Gasteiger partial charge in [0.15, 0.2) is 0 Å². The van der Waals surface area contributed by atoms with Gasteiger partial charge in [-0.15, -0.1) is 0 Å². The molecule has 0 spiro atoms. The van der Waals surface area contributed by atoms with Crippen molar-refractivity contribution in [3.05, 3.63) is 45.2 Å². The summed E-state index contributed by atoms with van der Waals surface area (Å²) >= 11 is 0. The summed E-state index contributed by atoms with van der Waals surface area (Å²) in [5.74, 6) is 0.713. The molecule has 0 unspecified atom stereocenters. The Bertz CT molecular complexity index is 978. The minimum Gasteiger partial charge on any atom is -0.493 e. The number of hydrogen-bond donors (Lipinski definition) is 2. The molecule has 2 rings (SSSR count). The van der Waals surface area contributed by atoms with Crippen molar-refractivity contribution in [1.29, 1.82) is 10.5 Å². The Morgan fingerprint density at radius 1 is 1.14 bits per heavy atom. The molecule has 3 N–H and O–H groups in total. The van der Waals surface area contributed by atoms with Crippen LogP contribution < -0.4 is 16.0 Å². The number of aromatic amines is 1. The molecule has 0 saturated carbocycles. The minimum atomic E-state index is -0.606. The van der Waals surface area contributed by atoms with Gasteiger partial charge in [0.2, 0.25) is 0 Å². The van der Waals surface area contributed by atoms with Gasteiger partial charge in [-0.3, -0.25) is 9.69 Å². The smallest absolute Gasteiger partial charge is 0.268 e. The van der Waals surface area contributed by atoms with Gasteiger partial charge in [-0.25, -0.2) is 0 Å². The first-order valence-electron chi connectivity index (χ1n) is 9.34. The van der Waals surface area contributed by atoms with Crippen molar-refractivity contribution < 1.29 is 4.74 Å². The zero-order valence-corrected chi connectivity index (χ0v) is 16.5. The zero-order chi connectivity index (χ0) is 20.7. The molecule has 0 saturated heterocycles. The van der Waals surface area contributed by atoms with Gasteiger partial charge in [-0.2, -0.15) is 10.5 Å². The SMILES string of the molecule is CCCOc1ccc(-c2c(C#N)c(N)[nH]c(=O)c2C#N)cc1CN(CC)CC. The molecule has 0 bridgehead atoms. The van der Waals surface area contributed by atoms with E-state index in [2.05, 4.69) is 23.7 Å². The number of hydrogen-bond acceptors (Lipinski definition) is 6. The van der Waals surface area contributed by atoms with Crippen LogP contribution in [0.5, 0.6) is 5.75 Å². The fourth-order valence-electron chi connectivity index (χ4n) is 3.03. The monoisotopic (exact) mass is 379 g/mol. The van der Waals surface area contributed by atoms with Crippen LogP contribution >= 0.6 is 0 Å². The first-order chi connectivity index (χ1) is 13.5. The number of nitriles is 2. The second-order valence-corrected chi connectivity index (χ2v) is 6.35. The molecule has 146 valence electrons. The molecule has 0 aliphatic rings. The van der Waals surface area contributed by atoms with E-state index in [1.54, 1.807) is 6.07 Å². The fraction of sp³-hybridized carbons (Fsp3) is 0.381. The van der Waals surface area contributed by atoms with Crippen LogP contribution in [-0.2, 0) is 6.54 Å². The molecule has 0 radical (unpaired) electrons. The summed E-state index contributed by atoms with van der Waals surface area (Å²) < 4.78 is 5.88. The first-order valence-corrected chi connectivity index (χ1v) is 9.34. The molecule has 0 amide bonds. The quantitative estimate of drug-likeness (QED) is 0.728. The van der Waals surface area contributed by atoms with Crippen LogP contribution in [0.4, 0.5) is 5.82 Å². The van der Waals surface area contributed by atoms with Gasteiger partial charge in [0.25, 0.3) is 5.56 Å². The number of anilines is 1. The molecule has 1 aromatic heterocycles. The Kier molecular flexibility index (Phi) is 7.20. The maximum absolute atomic E-state index is 12.2. The van der Waals surface area contributed by atoms with E-state index in [4.69, 9.17) is 10.5 Å². The Labute approximate surface area is 165 Å². The van der Waals surface area contributed by atoms with Gasteiger partial charge in [0.1, 0.15) is 34.8 Å². The number of rotatable bonds is 8. The van der Waals surface area contributed by atoms with Crippen molar-refractivity contribution in [2.24, 2.45) is 0 Å². The van der Waals surface area contributed by atoms with Crippen molar-refractivity contribution in [3.63, 3.8) is 0 Å². The lowest BCUT2D eigenvalue weighted by molar-refractivity contribution is 0.277. The highest BCUT2D eigenvalue weighted by atomic mass is 16.5. The van der Waals surface area contributed by atoms with E-state index in [1.807, 2.05) is 31.2 Å². The van der Waals surface area contributed by atoms with Crippen LogP contribution in [-0.4, -0.2) is 29.6 Å². The molecule has 28 heavy (non-hydrogen) atoms. The highest BCUT2D eigenvalue weighted by Crippen LogP contribution is 2.32. The second-order valence-electron chi connectivity index (χ2n) is 6.35. The van der Waals surface area contributed by atoms with Gasteiger partial charge in [0.05, 0.1) is 6.61 Å². The number of ether oxygens (including phenoxy) is 1. The maximum Gasteiger partial charge on any atom is 0.268 e. The number of H-pyrrole nitrogens is 1. The number of nitrogen functional groups attached to an aromatic ring is 1. The second kappa shape index (κ2) is 9.59. The molecular weight excluding hydrogens is 354 g/mol. The summed E-state index contributed by atoms with van der Waals surface area (Å²) in [6, 6.07) is 9.37. The summed E-state index contributed by atoms with van der Waals surface area (Å²) in [6.07, 6.45) is 0.883. The molecule has 1 aromatic carbocycles. The number of pyridine rings is 1. The Hall–Kier alpha value is -3.29. The number of benzene rings is 1. The van der Waals surface area contributed by atoms with E-state index >= 15 is 0 Å². The van der Waals surface area contributed by atoms with Gasteiger partial charge in [-0.05, 0) is 37.2 Å². The van der Waals surface area contributed by atoms with Gasteiger partial charge in [-0.1, -0.05) is 26.8 Å². The molecule has 0 aliphatic heterocycles. The normalized spacial score (nSPS) is 10.5. The van der Waals surface area contributed by atoms with Crippen LogP contribution in [0.25, 0.3) is 11.1 Å². The fourth-order valence-corrected chi connectivity index (χ4v) is 3.03. The largest absolute Gasteiger partial charge is 0.493 e. The molecular formula is C21H25N5O2. The third-order valence-corrected chi connectivity index (χ3v) is 4.57. The van der Waals surface area contributed by atoms with Crippen molar-refractivity contribution >= 4 is 5.82 Å².